The number of benzene rings is 2. The van der Waals surface area contributed by atoms with Crippen molar-refractivity contribution >= 4 is 51.4 Å². The third kappa shape index (κ3) is 4.42. The standard InChI is InChI=1S/C25H21Cl2N7O/c1-15-11-17(5-6-21(15)33-9-7-29-8-10-33)31-25-30-13-18-22(32-25)16(12-28)14-34(24(18)35)23-19(26)3-2-4-20(23)27/h2-6,11,13-14,29H,7-10H2,1H3,(H,30,31,32). The zero-order chi connectivity index (χ0) is 24.5. The number of halogens is 2. The lowest BCUT2D eigenvalue weighted by Gasteiger charge is -2.30. The highest BCUT2D eigenvalue weighted by Crippen LogP contribution is 2.29. The van der Waals surface area contributed by atoms with E-state index in [1.54, 1.807) is 18.2 Å². The number of anilines is 3. The number of hydrogen-bond acceptors (Lipinski definition) is 7. The van der Waals surface area contributed by atoms with E-state index in [1.165, 1.54) is 22.6 Å². The van der Waals surface area contributed by atoms with Crippen LogP contribution >= 0.6 is 23.2 Å². The van der Waals surface area contributed by atoms with Gasteiger partial charge in [-0.25, -0.2) is 9.97 Å². The van der Waals surface area contributed by atoms with Crippen molar-refractivity contribution in [3.05, 3.63) is 80.3 Å². The van der Waals surface area contributed by atoms with Gasteiger partial charge in [0, 0.05) is 49.9 Å². The van der Waals surface area contributed by atoms with Gasteiger partial charge in [-0.15, -0.1) is 0 Å². The number of fused-ring (bicyclic) bond motifs is 1. The highest BCUT2D eigenvalue weighted by atomic mass is 35.5. The summed E-state index contributed by atoms with van der Waals surface area (Å²) in [4.78, 5) is 24.4. The van der Waals surface area contributed by atoms with Crippen LogP contribution in [-0.4, -0.2) is 40.7 Å². The first-order chi connectivity index (χ1) is 17.0. The molecule has 35 heavy (non-hydrogen) atoms. The second kappa shape index (κ2) is 9.55. The average molecular weight is 506 g/mol. The second-order valence-electron chi connectivity index (χ2n) is 8.22. The molecule has 1 saturated heterocycles. The SMILES string of the molecule is Cc1cc(Nc2ncc3c(=O)n(-c4c(Cl)cccc4Cl)cc(C#N)c3n2)ccc1N1CCNCC1. The Morgan fingerprint density at radius 2 is 1.89 bits per heavy atom. The molecule has 2 aromatic heterocycles. The highest BCUT2D eigenvalue weighted by Gasteiger charge is 2.17. The summed E-state index contributed by atoms with van der Waals surface area (Å²) in [6, 6.07) is 13.1. The molecule has 176 valence electrons. The average Bonchev–Trinajstić information content (AvgIpc) is 2.86. The lowest BCUT2D eigenvalue weighted by atomic mass is 10.1. The molecule has 0 saturated carbocycles. The van der Waals surface area contributed by atoms with E-state index in [1.807, 2.05) is 12.1 Å². The first kappa shape index (κ1) is 23.1. The number of pyridine rings is 1. The summed E-state index contributed by atoms with van der Waals surface area (Å²) in [5.74, 6) is 0.288. The molecule has 0 unspecified atom stereocenters. The molecule has 2 N–H and O–H groups in total. The van der Waals surface area contributed by atoms with Crippen molar-refractivity contribution in [3.63, 3.8) is 0 Å². The van der Waals surface area contributed by atoms with E-state index in [4.69, 9.17) is 23.2 Å². The summed E-state index contributed by atoms with van der Waals surface area (Å²) in [6.45, 7) is 5.94. The Hall–Kier alpha value is -3.64. The minimum atomic E-state index is -0.420. The van der Waals surface area contributed by atoms with Gasteiger partial charge in [0.05, 0.1) is 26.7 Å². The number of nitriles is 1. The maximum atomic E-state index is 13.2. The lowest BCUT2D eigenvalue weighted by Crippen LogP contribution is -2.43. The van der Waals surface area contributed by atoms with E-state index < -0.39 is 5.56 Å². The number of piperazine rings is 1. The van der Waals surface area contributed by atoms with Crippen LogP contribution in [0.3, 0.4) is 0 Å². The van der Waals surface area contributed by atoms with Gasteiger partial charge in [0.25, 0.3) is 5.56 Å². The first-order valence-corrected chi connectivity index (χ1v) is 11.8. The Morgan fingerprint density at radius 3 is 2.57 bits per heavy atom. The molecule has 2 aromatic carbocycles. The number of aromatic nitrogens is 3. The molecule has 0 aliphatic carbocycles. The van der Waals surface area contributed by atoms with Crippen molar-refractivity contribution in [2.45, 2.75) is 6.92 Å². The van der Waals surface area contributed by atoms with E-state index in [-0.39, 0.29) is 22.4 Å². The van der Waals surface area contributed by atoms with Crippen LogP contribution in [0.4, 0.5) is 17.3 Å². The molecule has 8 nitrogen and oxygen atoms in total. The van der Waals surface area contributed by atoms with Crippen LogP contribution in [0.2, 0.25) is 10.0 Å². The van der Waals surface area contributed by atoms with Gasteiger partial charge in [-0.2, -0.15) is 5.26 Å². The number of nitrogens with zero attached hydrogens (tertiary/aromatic N) is 5. The zero-order valence-corrected chi connectivity index (χ0v) is 20.4. The van der Waals surface area contributed by atoms with E-state index in [2.05, 4.69) is 44.6 Å². The molecule has 4 aromatic rings. The van der Waals surface area contributed by atoms with Crippen molar-refractivity contribution < 1.29 is 0 Å². The third-order valence-electron chi connectivity index (χ3n) is 5.96. The maximum Gasteiger partial charge on any atom is 0.266 e. The Morgan fingerprint density at radius 1 is 1.14 bits per heavy atom. The Bertz CT molecular complexity index is 1520. The molecule has 0 amide bonds. The lowest BCUT2D eigenvalue weighted by molar-refractivity contribution is 0.588. The molecule has 0 bridgehead atoms. The molecule has 1 aliphatic rings. The van der Waals surface area contributed by atoms with Gasteiger partial charge in [0.2, 0.25) is 5.95 Å². The molecule has 1 aliphatic heterocycles. The molecular formula is C25H21Cl2N7O. The largest absolute Gasteiger partial charge is 0.369 e. The first-order valence-electron chi connectivity index (χ1n) is 11.1. The van der Waals surface area contributed by atoms with Crippen molar-refractivity contribution in [1.82, 2.24) is 19.9 Å². The molecule has 10 heteroatoms. The normalized spacial score (nSPS) is 13.6. The fourth-order valence-corrected chi connectivity index (χ4v) is 4.85. The van der Waals surface area contributed by atoms with E-state index >= 15 is 0 Å². The predicted molar refractivity (Wildman–Crippen MR) is 139 cm³/mol. The van der Waals surface area contributed by atoms with Gasteiger partial charge in [0.15, 0.2) is 0 Å². The van der Waals surface area contributed by atoms with Crippen molar-refractivity contribution in [2.24, 2.45) is 0 Å². The van der Waals surface area contributed by atoms with Crippen LogP contribution in [0.15, 0.2) is 53.6 Å². The Kier molecular flexibility index (Phi) is 6.31. The summed E-state index contributed by atoms with van der Waals surface area (Å²) in [5, 5.41) is 17.1. The quantitative estimate of drug-likeness (QED) is 0.423. The molecule has 3 heterocycles. The van der Waals surface area contributed by atoms with Crippen molar-refractivity contribution in [1.29, 1.82) is 5.26 Å². The van der Waals surface area contributed by atoms with Gasteiger partial charge in [-0.3, -0.25) is 9.36 Å². The third-order valence-corrected chi connectivity index (χ3v) is 6.57. The van der Waals surface area contributed by atoms with E-state index in [0.29, 0.717) is 15.7 Å². The summed E-state index contributed by atoms with van der Waals surface area (Å²) in [6.07, 6.45) is 2.82. The molecular weight excluding hydrogens is 485 g/mol. The topological polar surface area (TPSA) is 98.9 Å². The van der Waals surface area contributed by atoms with Gasteiger partial charge >= 0.3 is 0 Å². The zero-order valence-electron chi connectivity index (χ0n) is 18.8. The van der Waals surface area contributed by atoms with Crippen molar-refractivity contribution in [2.75, 3.05) is 36.4 Å². The van der Waals surface area contributed by atoms with Crippen LogP contribution in [-0.2, 0) is 0 Å². The fourth-order valence-electron chi connectivity index (χ4n) is 4.27. The van der Waals surface area contributed by atoms with E-state index in [9.17, 15) is 10.1 Å². The van der Waals surface area contributed by atoms with Gasteiger partial charge in [0.1, 0.15) is 11.6 Å². The number of hydrogen-bond donors (Lipinski definition) is 2. The Labute approximate surface area is 211 Å². The van der Waals surface area contributed by atoms with Gasteiger partial charge in [-0.05, 0) is 42.8 Å². The Balaban J connectivity index is 1.51. The summed E-state index contributed by atoms with van der Waals surface area (Å²) in [5.41, 5.74) is 3.49. The van der Waals surface area contributed by atoms with Crippen molar-refractivity contribution in [3.8, 4) is 11.8 Å². The van der Waals surface area contributed by atoms with Crippen LogP contribution in [0, 0.1) is 18.3 Å². The van der Waals surface area contributed by atoms with Crippen LogP contribution in [0.25, 0.3) is 16.6 Å². The predicted octanol–water partition coefficient (Wildman–Crippen LogP) is 4.42. The monoisotopic (exact) mass is 505 g/mol. The second-order valence-corrected chi connectivity index (χ2v) is 9.03. The number of para-hydroxylation sites is 1. The van der Waals surface area contributed by atoms with Crippen LogP contribution in [0.1, 0.15) is 11.1 Å². The number of rotatable bonds is 4. The number of nitrogens with one attached hydrogen (secondary N) is 2. The van der Waals surface area contributed by atoms with Crippen LogP contribution < -0.4 is 21.1 Å². The fraction of sp³-hybridized carbons (Fsp3) is 0.200. The molecule has 0 spiro atoms. The summed E-state index contributed by atoms with van der Waals surface area (Å²) >= 11 is 12.6. The number of aryl methyl sites for hydroxylation is 1. The molecule has 1 fully saturated rings. The molecule has 5 rings (SSSR count). The van der Waals surface area contributed by atoms with E-state index in [0.717, 1.165) is 37.4 Å². The minimum Gasteiger partial charge on any atom is -0.369 e. The molecule has 0 atom stereocenters. The van der Waals surface area contributed by atoms with Crippen LogP contribution in [0.5, 0.6) is 0 Å². The van der Waals surface area contributed by atoms with Gasteiger partial charge in [-0.1, -0.05) is 29.3 Å². The smallest absolute Gasteiger partial charge is 0.266 e. The maximum absolute atomic E-state index is 13.2. The highest BCUT2D eigenvalue weighted by molar-refractivity contribution is 6.37. The summed E-state index contributed by atoms with van der Waals surface area (Å²) in [7, 11) is 0. The van der Waals surface area contributed by atoms with Gasteiger partial charge < -0.3 is 15.5 Å². The minimum absolute atomic E-state index is 0.191. The molecule has 0 radical (unpaired) electrons. The summed E-state index contributed by atoms with van der Waals surface area (Å²) < 4.78 is 1.26.